The quantitative estimate of drug-likeness (QED) is 0.885. The van der Waals surface area contributed by atoms with Crippen molar-refractivity contribution in [2.24, 2.45) is 11.8 Å². The number of carbonyl (C=O) groups is 1. The van der Waals surface area contributed by atoms with Crippen LogP contribution >= 0.6 is 11.6 Å². The molecule has 0 spiro atoms. The summed E-state index contributed by atoms with van der Waals surface area (Å²) in [5, 5.41) is 9.29. The number of hydrogen-bond acceptors (Lipinski definition) is 1. The minimum Gasteiger partial charge on any atom is -0.481 e. The summed E-state index contributed by atoms with van der Waals surface area (Å²) < 4.78 is 13.3. The van der Waals surface area contributed by atoms with E-state index >= 15 is 0 Å². The zero-order chi connectivity index (χ0) is 11.9. The maximum absolute atomic E-state index is 13.3. The van der Waals surface area contributed by atoms with E-state index in [1.807, 2.05) is 0 Å². The summed E-state index contributed by atoms with van der Waals surface area (Å²) in [5.74, 6) is -1.22. The average molecular weight is 243 g/mol. The summed E-state index contributed by atoms with van der Waals surface area (Å²) in [4.78, 5) is 10.7. The van der Waals surface area contributed by atoms with Crippen molar-refractivity contribution in [1.29, 1.82) is 0 Å². The molecule has 0 radical (unpaired) electrons. The lowest BCUT2D eigenvalue weighted by atomic mass is 10.1. The van der Waals surface area contributed by atoms with Crippen LogP contribution in [0.15, 0.2) is 12.1 Å². The summed E-state index contributed by atoms with van der Waals surface area (Å²) in [6.07, 6.45) is 1.22. The number of rotatable bonds is 3. The van der Waals surface area contributed by atoms with Gasteiger partial charge in [0.2, 0.25) is 0 Å². The number of benzene rings is 1. The molecule has 0 amide bonds. The third-order valence-corrected chi connectivity index (χ3v) is 3.40. The van der Waals surface area contributed by atoms with Crippen LogP contribution < -0.4 is 0 Å². The highest BCUT2D eigenvalue weighted by Crippen LogP contribution is 2.42. The van der Waals surface area contributed by atoms with Crippen LogP contribution in [-0.2, 0) is 11.2 Å². The van der Waals surface area contributed by atoms with Crippen molar-refractivity contribution in [2.75, 3.05) is 0 Å². The Labute approximate surface area is 98.0 Å². The molecule has 4 heteroatoms. The maximum atomic E-state index is 13.3. The van der Waals surface area contributed by atoms with Gasteiger partial charge in [-0.2, -0.15) is 0 Å². The second-order valence-electron chi connectivity index (χ2n) is 4.34. The van der Waals surface area contributed by atoms with Crippen LogP contribution in [0.3, 0.4) is 0 Å². The second-order valence-corrected chi connectivity index (χ2v) is 4.74. The molecule has 0 aliphatic heterocycles. The van der Waals surface area contributed by atoms with Gasteiger partial charge >= 0.3 is 5.97 Å². The topological polar surface area (TPSA) is 37.3 Å². The Kier molecular flexibility index (Phi) is 2.89. The van der Waals surface area contributed by atoms with E-state index in [0.717, 1.165) is 0 Å². The molecule has 1 aromatic carbocycles. The van der Waals surface area contributed by atoms with Crippen molar-refractivity contribution in [3.63, 3.8) is 0 Å². The third kappa shape index (κ3) is 2.19. The predicted octanol–water partition coefficient (Wildman–Crippen LogP) is 3.05. The van der Waals surface area contributed by atoms with Gasteiger partial charge in [0, 0.05) is 5.02 Å². The highest BCUT2D eigenvalue weighted by atomic mass is 35.5. The van der Waals surface area contributed by atoms with Gasteiger partial charge in [0.1, 0.15) is 5.82 Å². The van der Waals surface area contributed by atoms with E-state index < -0.39 is 5.97 Å². The first-order chi connectivity index (χ1) is 7.49. The number of aryl methyl sites for hydroxylation is 1. The number of hydrogen-bond donors (Lipinski definition) is 1. The van der Waals surface area contributed by atoms with Gasteiger partial charge in [0.05, 0.1) is 5.92 Å². The molecule has 1 aliphatic rings. The van der Waals surface area contributed by atoms with Crippen LogP contribution in [0, 0.1) is 24.6 Å². The van der Waals surface area contributed by atoms with E-state index in [4.69, 9.17) is 16.7 Å². The van der Waals surface area contributed by atoms with Crippen LogP contribution in [0.4, 0.5) is 4.39 Å². The van der Waals surface area contributed by atoms with E-state index in [1.165, 1.54) is 6.07 Å². The van der Waals surface area contributed by atoms with Crippen LogP contribution in [0.25, 0.3) is 0 Å². The van der Waals surface area contributed by atoms with Crippen LogP contribution in [0.2, 0.25) is 5.02 Å². The Morgan fingerprint density at radius 2 is 2.31 bits per heavy atom. The molecule has 1 fully saturated rings. The average Bonchev–Trinajstić information content (AvgIpc) is 2.93. The van der Waals surface area contributed by atoms with Crippen molar-refractivity contribution in [2.45, 2.75) is 19.8 Å². The molecule has 2 rings (SSSR count). The first kappa shape index (κ1) is 11.4. The Bertz CT molecular complexity index is 445. The van der Waals surface area contributed by atoms with Gasteiger partial charge in [-0.25, -0.2) is 4.39 Å². The van der Waals surface area contributed by atoms with E-state index in [0.29, 0.717) is 29.0 Å². The lowest BCUT2D eigenvalue weighted by molar-refractivity contribution is -0.138. The van der Waals surface area contributed by atoms with Crippen molar-refractivity contribution in [1.82, 2.24) is 0 Å². The standard InChI is InChI=1S/C12H12ClFO2/c1-6-2-10(13)8(5-11(6)14)3-7-4-9(7)12(15)16/h2,5,7,9H,3-4H2,1H3,(H,15,16). The molecule has 86 valence electrons. The number of carboxylic acid groups (broad SMARTS) is 1. The molecule has 2 nitrogen and oxygen atoms in total. The molecule has 1 aromatic rings. The van der Waals surface area contributed by atoms with E-state index in [9.17, 15) is 9.18 Å². The fourth-order valence-corrected chi connectivity index (χ4v) is 2.20. The summed E-state index contributed by atoms with van der Waals surface area (Å²) in [6, 6.07) is 3.00. The number of carboxylic acids is 1. The summed E-state index contributed by atoms with van der Waals surface area (Å²) >= 11 is 5.99. The van der Waals surface area contributed by atoms with Gasteiger partial charge in [0.15, 0.2) is 0 Å². The highest BCUT2D eigenvalue weighted by molar-refractivity contribution is 6.31. The molecular formula is C12H12ClFO2. The Morgan fingerprint density at radius 3 is 2.88 bits per heavy atom. The molecule has 16 heavy (non-hydrogen) atoms. The lowest BCUT2D eigenvalue weighted by Crippen LogP contribution is -2.02. The molecule has 1 aliphatic carbocycles. The second kappa shape index (κ2) is 4.06. The first-order valence-electron chi connectivity index (χ1n) is 5.16. The fraction of sp³-hybridized carbons (Fsp3) is 0.417. The maximum Gasteiger partial charge on any atom is 0.306 e. The number of halogens is 2. The zero-order valence-electron chi connectivity index (χ0n) is 8.84. The van der Waals surface area contributed by atoms with Crippen molar-refractivity contribution >= 4 is 17.6 Å². The molecule has 2 atom stereocenters. The summed E-state index contributed by atoms with van der Waals surface area (Å²) in [7, 11) is 0. The van der Waals surface area contributed by atoms with Crippen LogP contribution in [0.5, 0.6) is 0 Å². The van der Waals surface area contributed by atoms with E-state index in [1.54, 1.807) is 13.0 Å². The van der Waals surface area contributed by atoms with Gasteiger partial charge in [-0.05, 0) is 48.9 Å². The molecule has 0 heterocycles. The van der Waals surface area contributed by atoms with E-state index in [-0.39, 0.29) is 17.7 Å². The molecule has 0 aromatic heterocycles. The Hall–Kier alpha value is -1.09. The molecule has 2 unspecified atom stereocenters. The van der Waals surface area contributed by atoms with E-state index in [2.05, 4.69) is 0 Å². The lowest BCUT2D eigenvalue weighted by Gasteiger charge is -2.05. The van der Waals surface area contributed by atoms with Gasteiger partial charge in [0.25, 0.3) is 0 Å². The highest BCUT2D eigenvalue weighted by Gasteiger charge is 2.43. The monoisotopic (exact) mass is 242 g/mol. The first-order valence-corrected chi connectivity index (χ1v) is 5.54. The van der Waals surface area contributed by atoms with Gasteiger partial charge < -0.3 is 5.11 Å². The number of aliphatic carboxylic acids is 1. The third-order valence-electron chi connectivity index (χ3n) is 3.05. The Balaban J connectivity index is 2.11. The SMILES string of the molecule is Cc1cc(Cl)c(CC2CC2C(=O)O)cc1F. The van der Waals surface area contributed by atoms with Gasteiger partial charge in [-0.3, -0.25) is 4.79 Å². The molecule has 1 saturated carbocycles. The molecule has 0 bridgehead atoms. The Morgan fingerprint density at radius 1 is 1.62 bits per heavy atom. The van der Waals surface area contributed by atoms with Gasteiger partial charge in [-0.15, -0.1) is 0 Å². The smallest absolute Gasteiger partial charge is 0.306 e. The van der Waals surface area contributed by atoms with Gasteiger partial charge in [-0.1, -0.05) is 11.6 Å². The van der Waals surface area contributed by atoms with Crippen molar-refractivity contribution < 1.29 is 14.3 Å². The predicted molar refractivity (Wildman–Crippen MR) is 59.1 cm³/mol. The largest absolute Gasteiger partial charge is 0.481 e. The molecular weight excluding hydrogens is 231 g/mol. The molecule has 0 saturated heterocycles. The normalized spacial score (nSPS) is 23.2. The summed E-state index contributed by atoms with van der Waals surface area (Å²) in [5.41, 5.74) is 1.22. The minimum atomic E-state index is -0.770. The zero-order valence-corrected chi connectivity index (χ0v) is 9.59. The van der Waals surface area contributed by atoms with Crippen molar-refractivity contribution in [3.8, 4) is 0 Å². The molecule has 1 N–H and O–H groups in total. The van der Waals surface area contributed by atoms with Crippen LogP contribution in [0.1, 0.15) is 17.5 Å². The minimum absolute atomic E-state index is 0.108. The van der Waals surface area contributed by atoms with Crippen molar-refractivity contribution in [3.05, 3.63) is 34.1 Å². The fourth-order valence-electron chi connectivity index (χ4n) is 1.90. The van der Waals surface area contributed by atoms with Crippen LogP contribution in [-0.4, -0.2) is 11.1 Å². The summed E-state index contributed by atoms with van der Waals surface area (Å²) in [6.45, 7) is 1.65.